The number of hydrogen-bond acceptors (Lipinski definition) is 6. The van der Waals surface area contributed by atoms with Gasteiger partial charge in [0.1, 0.15) is 23.9 Å². The molecule has 8 nitrogen and oxygen atoms in total. The zero-order valence-electron chi connectivity index (χ0n) is 21.3. The van der Waals surface area contributed by atoms with Crippen molar-refractivity contribution in [3.05, 3.63) is 78.6 Å². The maximum Gasteiger partial charge on any atom is 0.155 e. The van der Waals surface area contributed by atoms with Crippen molar-refractivity contribution in [1.29, 1.82) is 0 Å². The van der Waals surface area contributed by atoms with Crippen molar-refractivity contribution in [2.24, 2.45) is 0 Å². The topological polar surface area (TPSA) is 95.6 Å². The minimum absolute atomic E-state index is 0.284. The molecular weight excluding hydrogens is 481 g/mol. The predicted octanol–water partition coefficient (Wildman–Crippen LogP) is 5.62. The number of halogens is 1. The number of ether oxygens (including phenoxy) is 1. The van der Waals surface area contributed by atoms with Crippen molar-refractivity contribution in [1.82, 2.24) is 35.0 Å². The minimum Gasteiger partial charge on any atom is -0.491 e. The van der Waals surface area contributed by atoms with E-state index in [0.717, 1.165) is 56.5 Å². The molecule has 5 aromatic heterocycles. The van der Waals surface area contributed by atoms with E-state index in [1.165, 1.54) is 12.1 Å². The molecule has 0 aliphatic carbocycles. The summed E-state index contributed by atoms with van der Waals surface area (Å²) in [6.07, 6.45) is 7.03. The maximum atomic E-state index is 14.1. The fourth-order valence-electron chi connectivity index (χ4n) is 4.55. The van der Waals surface area contributed by atoms with Crippen molar-refractivity contribution in [3.63, 3.8) is 0 Å². The fourth-order valence-corrected chi connectivity index (χ4v) is 4.55. The second kappa shape index (κ2) is 9.68. The fraction of sp³-hybridized carbons (Fsp3) is 0.172. The summed E-state index contributed by atoms with van der Waals surface area (Å²) in [5, 5.41) is 9.34. The lowest BCUT2D eigenvalue weighted by atomic mass is 10.0. The van der Waals surface area contributed by atoms with E-state index in [1.54, 1.807) is 24.8 Å². The van der Waals surface area contributed by atoms with Crippen LogP contribution >= 0.6 is 0 Å². The first kappa shape index (κ1) is 23.7. The van der Waals surface area contributed by atoms with Gasteiger partial charge in [0.2, 0.25) is 0 Å². The third-order valence-electron chi connectivity index (χ3n) is 6.39. The van der Waals surface area contributed by atoms with Crippen LogP contribution in [0.3, 0.4) is 0 Å². The van der Waals surface area contributed by atoms with Gasteiger partial charge in [-0.2, -0.15) is 5.10 Å². The molecule has 0 saturated heterocycles. The normalized spacial score (nSPS) is 11.6. The predicted molar refractivity (Wildman–Crippen MR) is 146 cm³/mol. The molecule has 0 radical (unpaired) electrons. The number of nitrogens with one attached hydrogen (secondary N) is 2. The highest BCUT2D eigenvalue weighted by Crippen LogP contribution is 2.34. The van der Waals surface area contributed by atoms with Crippen molar-refractivity contribution in [2.75, 3.05) is 27.2 Å². The molecule has 190 valence electrons. The SMILES string of the molecule is Cc1cc(F)cc(-c2nccc3[nH]c(-c4n[nH]c5ncc(-c6cncc(OCCN(C)C)c6)cc45)cc23)c1. The lowest BCUT2D eigenvalue weighted by Crippen LogP contribution is -2.19. The molecule has 6 aromatic rings. The van der Waals surface area contributed by atoms with Crippen LogP contribution in [0.2, 0.25) is 0 Å². The lowest BCUT2D eigenvalue weighted by molar-refractivity contribution is 0.261. The Morgan fingerprint density at radius 1 is 0.895 bits per heavy atom. The van der Waals surface area contributed by atoms with Crippen LogP contribution in [-0.2, 0) is 0 Å². The smallest absolute Gasteiger partial charge is 0.155 e. The number of H-pyrrole nitrogens is 2. The van der Waals surface area contributed by atoms with Gasteiger partial charge >= 0.3 is 0 Å². The summed E-state index contributed by atoms with van der Waals surface area (Å²) in [7, 11) is 4.02. The molecule has 5 heterocycles. The molecular formula is C29H26FN7O. The minimum atomic E-state index is -0.284. The number of benzene rings is 1. The summed E-state index contributed by atoms with van der Waals surface area (Å²) < 4.78 is 20.0. The van der Waals surface area contributed by atoms with Crippen LogP contribution in [0.15, 0.2) is 67.3 Å². The Kier molecular flexibility index (Phi) is 6.05. The number of fused-ring (bicyclic) bond motifs is 2. The Balaban J connectivity index is 1.38. The van der Waals surface area contributed by atoms with Gasteiger partial charge in [-0.25, -0.2) is 9.37 Å². The van der Waals surface area contributed by atoms with Crippen molar-refractivity contribution >= 4 is 21.9 Å². The summed E-state index contributed by atoms with van der Waals surface area (Å²) in [5.74, 6) is 0.424. The van der Waals surface area contributed by atoms with E-state index in [4.69, 9.17) is 4.74 Å². The van der Waals surface area contributed by atoms with Gasteiger partial charge in [-0.1, -0.05) is 0 Å². The molecule has 0 spiro atoms. The van der Waals surface area contributed by atoms with E-state index < -0.39 is 0 Å². The first-order chi connectivity index (χ1) is 18.4. The van der Waals surface area contributed by atoms with Crippen molar-refractivity contribution in [2.45, 2.75) is 6.92 Å². The molecule has 6 rings (SSSR count). The molecule has 0 amide bonds. The van der Waals surface area contributed by atoms with Crippen molar-refractivity contribution < 1.29 is 9.13 Å². The molecule has 1 aromatic carbocycles. The van der Waals surface area contributed by atoms with E-state index in [-0.39, 0.29) is 5.82 Å². The zero-order chi connectivity index (χ0) is 26.2. The molecule has 0 saturated carbocycles. The Hall–Kier alpha value is -4.63. The molecule has 0 bridgehead atoms. The molecule has 2 N–H and O–H groups in total. The average molecular weight is 508 g/mol. The second-order valence-corrected chi connectivity index (χ2v) is 9.57. The van der Waals surface area contributed by atoms with Crippen LogP contribution < -0.4 is 4.74 Å². The molecule has 0 atom stereocenters. The van der Waals surface area contributed by atoms with Crippen LogP contribution in [0, 0.1) is 12.7 Å². The monoisotopic (exact) mass is 507 g/mol. The first-order valence-corrected chi connectivity index (χ1v) is 12.3. The van der Waals surface area contributed by atoms with E-state index in [9.17, 15) is 4.39 Å². The van der Waals surface area contributed by atoms with Crippen LogP contribution in [0.5, 0.6) is 5.75 Å². The standard InChI is InChI=1S/C29H26FN7O/c1-17-8-18(10-21(30)9-17)27-23-13-26(34-25(23)4-5-32-27)28-24-12-20(15-33-29(24)36-35-28)19-11-22(16-31-14-19)38-7-6-37(2)3/h4-5,8-16,34H,6-7H2,1-3H3,(H,33,35,36). The molecule has 0 unspecified atom stereocenters. The molecule has 0 aliphatic heterocycles. The molecule has 0 aliphatic rings. The van der Waals surface area contributed by atoms with Crippen LogP contribution in [-0.4, -0.2) is 62.3 Å². The lowest BCUT2D eigenvalue weighted by Gasteiger charge is -2.11. The second-order valence-electron chi connectivity index (χ2n) is 9.57. The summed E-state index contributed by atoms with van der Waals surface area (Å²) >= 11 is 0. The highest BCUT2D eigenvalue weighted by atomic mass is 19.1. The van der Waals surface area contributed by atoms with Crippen LogP contribution in [0.1, 0.15) is 5.56 Å². The van der Waals surface area contributed by atoms with Crippen LogP contribution in [0.25, 0.3) is 55.7 Å². The van der Waals surface area contributed by atoms with E-state index >= 15 is 0 Å². The number of aromatic amines is 2. The number of likely N-dealkylation sites (N-methyl/N-ethyl adjacent to an activating group) is 1. The van der Waals surface area contributed by atoms with Gasteiger partial charge in [0, 0.05) is 58.1 Å². The summed E-state index contributed by atoms with van der Waals surface area (Å²) in [4.78, 5) is 19.0. The van der Waals surface area contributed by atoms with Gasteiger partial charge in [-0.05, 0) is 69.0 Å². The third kappa shape index (κ3) is 4.59. The zero-order valence-corrected chi connectivity index (χ0v) is 21.3. The maximum absolute atomic E-state index is 14.1. The Bertz CT molecular complexity index is 1750. The van der Waals surface area contributed by atoms with E-state index in [2.05, 4.69) is 35.0 Å². The van der Waals surface area contributed by atoms with Gasteiger partial charge in [0.25, 0.3) is 0 Å². The number of nitrogens with zero attached hydrogens (tertiary/aromatic N) is 5. The average Bonchev–Trinajstić information content (AvgIpc) is 3.51. The summed E-state index contributed by atoms with van der Waals surface area (Å²) in [6.45, 7) is 3.27. The Morgan fingerprint density at radius 3 is 2.61 bits per heavy atom. The molecule has 38 heavy (non-hydrogen) atoms. The van der Waals surface area contributed by atoms with Gasteiger partial charge in [0.15, 0.2) is 5.65 Å². The van der Waals surface area contributed by atoms with Gasteiger partial charge < -0.3 is 14.6 Å². The molecule has 9 heteroatoms. The van der Waals surface area contributed by atoms with E-state index in [1.807, 2.05) is 51.4 Å². The molecule has 0 fully saturated rings. The number of hydrogen-bond donors (Lipinski definition) is 2. The largest absolute Gasteiger partial charge is 0.491 e. The van der Waals surface area contributed by atoms with Gasteiger partial charge in [0.05, 0.1) is 17.6 Å². The first-order valence-electron chi connectivity index (χ1n) is 12.3. The summed E-state index contributed by atoms with van der Waals surface area (Å²) in [5.41, 5.74) is 7.20. The van der Waals surface area contributed by atoms with Gasteiger partial charge in [-0.3, -0.25) is 15.1 Å². The van der Waals surface area contributed by atoms with Gasteiger partial charge in [-0.15, -0.1) is 0 Å². The third-order valence-corrected chi connectivity index (χ3v) is 6.39. The number of aryl methyl sites for hydroxylation is 1. The number of aromatic nitrogens is 6. The van der Waals surface area contributed by atoms with Crippen molar-refractivity contribution in [3.8, 4) is 39.5 Å². The highest BCUT2D eigenvalue weighted by Gasteiger charge is 2.16. The number of rotatable bonds is 7. The van der Waals surface area contributed by atoms with Crippen LogP contribution in [0.4, 0.5) is 4.39 Å². The quantitative estimate of drug-likeness (QED) is 0.291. The summed E-state index contributed by atoms with van der Waals surface area (Å²) in [6, 6.07) is 12.9. The highest BCUT2D eigenvalue weighted by molar-refractivity contribution is 6.00. The Labute approximate surface area is 218 Å². The Morgan fingerprint density at radius 2 is 1.76 bits per heavy atom. The van der Waals surface area contributed by atoms with E-state index in [0.29, 0.717) is 23.7 Å². The number of pyridine rings is 3.